The molecule has 0 aromatic carbocycles. The van der Waals surface area contributed by atoms with Crippen molar-refractivity contribution < 1.29 is 9.90 Å². The lowest BCUT2D eigenvalue weighted by atomic mass is 10.1. The van der Waals surface area contributed by atoms with Gasteiger partial charge in [-0.2, -0.15) is 11.8 Å². The minimum Gasteiger partial charge on any atom is -0.481 e. The maximum absolute atomic E-state index is 10.3. The van der Waals surface area contributed by atoms with E-state index in [-0.39, 0.29) is 5.75 Å². The molecule has 0 bridgehead atoms. The van der Waals surface area contributed by atoms with Crippen LogP contribution in [0.25, 0.3) is 0 Å². The first-order chi connectivity index (χ1) is 8.27. The fourth-order valence-corrected chi connectivity index (χ4v) is 2.58. The van der Waals surface area contributed by atoms with Crippen LogP contribution in [0.15, 0.2) is 0 Å². The maximum atomic E-state index is 10.3. The zero-order valence-electron chi connectivity index (χ0n) is 11.2. The summed E-state index contributed by atoms with van der Waals surface area (Å²) in [6.07, 6.45) is 13.4. The van der Waals surface area contributed by atoms with Gasteiger partial charge in [0.2, 0.25) is 0 Å². The third-order valence-electron chi connectivity index (χ3n) is 2.87. The highest BCUT2D eigenvalue weighted by Crippen LogP contribution is 2.12. The zero-order valence-corrected chi connectivity index (χ0v) is 12.1. The molecule has 0 amide bonds. The van der Waals surface area contributed by atoms with Crippen LogP contribution in [-0.4, -0.2) is 22.6 Å². The predicted molar refractivity (Wildman–Crippen MR) is 76.8 cm³/mol. The summed E-state index contributed by atoms with van der Waals surface area (Å²) >= 11 is 1.54. The van der Waals surface area contributed by atoms with Gasteiger partial charge in [0.1, 0.15) is 0 Å². The number of carboxylic acids is 1. The molecular formula is C14H28O2S. The van der Waals surface area contributed by atoms with E-state index in [2.05, 4.69) is 6.92 Å². The standard InChI is InChI=1S/C14H28O2S/c1-2-3-4-5-6-7-8-9-10-11-12-17-13-14(15)16/h2-13H2,1H3,(H,15,16). The molecule has 0 aliphatic carbocycles. The van der Waals surface area contributed by atoms with Gasteiger partial charge in [0.15, 0.2) is 0 Å². The monoisotopic (exact) mass is 260 g/mol. The molecule has 3 heteroatoms. The second-order valence-electron chi connectivity index (χ2n) is 4.63. The topological polar surface area (TPSA) is 37.3 Å². The number of rotatable bonds is 13. The number of hydrogen-bond acceptors (Lipinski definition) is 2. The van der Waals surface area contributed by atoms with Crippen molar-refractivity contribution in [2.75, 3.05) is 11.5 Å². The summed E-state index contributed by atoms with van der Waals surface area (Å²) in [7, 11) is 0. The molecule has 0 fully saturated rings. The van der Waals surface area contributed by atoms with Gasteiger partial charge in [-0.15, -0.1) is 0 Å². The van der Waals surface area contributed by atoms with Crippen LogP contribution >= 0.6 is 11.8 Å². The molecule has 0 aliphatic heterocycles. The molecule has 17 heavy (non-hydrogen) atoms. The smallest absolute Gasteiger partial charge is 0.313 e. The lowest BCUT2D eigenvalue weighted by molar-refractivity contribution is -0.133. The van der Waals surface area contributed by atoms with Gasteiger partial charge < -0.3 is 5.11 Å². The summed E-state index contributed by atoms with van der Waals surface area (Å²) < 4.78 is 0. The van der Waals surface area contributed by atoms with E-state index in [1.807, 2.05) is 0 Å². The van der Waals surface area contributed by atoms with Gasteiger partial charge in [-0.1, -0.05) is 64.7 Å². The highest BCUT2D eigenvalue weighted by Gasteiger charge is 1.96. The van der Waals surface area contributed by atoms with Gasteiger partial charge in [0.05, 0.1) is 5.75 Å². The number of carbonyl (C=O) groups is 1. The van der Waals surface area contributed by atoms with Crippen molar-refractivity contribution in [1.29, 1.82) is 0 Å². The molecule has 0 unspecified atom stereocenters. The number of carboxylic acid groups (broad SMARTS) is 1. The summed E-state index contributed by atoms with van der Waals surface area (Å²) in [6, 6.07) is 0. The Balaban J connectivity index is 2.91. The summed E-state index contributed by atoms with van der Waals surface area (Å²) in [4.78, 5) is 10.3. The number of aliphatic carboxylic acids is 1. The van der Waals surface area contributed by atoms with Gasteiger partial charge in [-0.3, -0.25) is 4.79 Å². The van der Waals surface area contributed by atoms with Crippen LogP contribution in [0.4, 0.5) is 0 Å². The molecule has 1 N–H and O–H groups in total. The molecule has 0 aliphatic rings. The van der Waals surface area contributed by atoms with Crippen LogP contribution in [0.2, 0.25) is 0 Å². The van der Waals surface area contributed by atoms with E-state index >= 15 is 0 Å². The molecule has 0 spiro atoms. The van der Waals surface area contributed by atoms with Crippen molar-refractivity contribution in [2.45, 2.75) is 71.1 Å². The first-order valence-corrected chi connectivity index (χ1v) is 8.22. The molecule has 0 atom stereocenters. The molecule has 0 saturated carbocycles. The summed E-state index contributed by atoms with van der Waals surface area (Å²) in [5.74, 6) is 0.572. The zero-order chi connectivity index (χ0) is 12.8. The fraction of sp³-hybridized carbons (Fsp3) is 0.929. The van der Waals surface area contributed by atoms with Crippen LogP contribution in [0.1, 0.15) is 71.1 Å². The minimum absolute atomic E-state index is 0.261. The van der Waals surface area contributed by atoms with Crippen molar-refractivity contribution in [3.8, 4) is 0 Å². The van der Waals surface area contributed by atoms with E-state index in [9.17, 15) is 4.79 Å². The highest BCUT2D eigenvalue weighted by atomic mass is 32.2. The Hall–Kier alpha value is -0.180. The second kappa shape index (κ2) is 13.9. The lowest BCUT2D eigenvalue weighted by Crippen LogP contribution is -1.98. The number of thioether (sulfide) groups is 1. The van der Waals surface area contributed by atoms with E-state index < -0.39 is 5.97 Å². The molecule has 2 nitrogen and oxygen atoms in total. The van der Waals surface area contributed by atoms with Gasteiger partial charge in [-0.05, 0) is 12.2 Å². The van der Waals surface area contributed by atoms with Crippen molar-refractivity contribution in [3.05, 3.63) is 0 Å². The lowest BCUT2D eigenvalue weighted by Gasteiger charge is -2.02. The molecule has 0 aromatic heterocycles. The third-order valence-corrected chi connectivity index (χ3v) is 3.90. The Kier molecular flexibility index (Phi) is 13.7. The number of hydrogen-bond donors (Lipinski definition) is 1. The van der Waals surface area contributed by atoms with E-state index in [4.69, 9.17) is 5.11 Å². The molecule has 0 saturated heterocycles. The summed E-state index contributed by atoms with van der Waals surface area (Å²) in [5, 5.41) is 8.45. The van der Waals surface area contributed by atoms with Gasteiger partial charge in [0, 0.05) is 0 Å². The van der Waals surface area contributed by atoms with E-state index in [1.165, 1.54) is 76.0 Å². The molecule has 102 valence electrons. The van der Waals surface area contributed by atoms with Crippen LogP contribution in [0.5, 0.6) is 0 Å². The van der Waals surface area contributed by atoms with Crippen LogP contribution in [-0.2, 0) is 4.79 Å². The largest absolute Gasteiger partial charge is 0.481 e. The molecule has 0 rings (SSSR count). The minimum atomic E-state index is -0.693. The van der Waals surface area contributed by atoms with E-state index in [0.29, 0.717) is 0 Å². The SMILES string of the molecule is CCCCCCCCCCCCSCC(=O)O. The Labute approximate surface area is 111 Å². The maximum Gasteiger partial charge on any atom is 0.313 e. The Morgan fingerprint density at radius 3 is 1.82 bits per heavy atom. The predicted octanol–water partition coefficient (Wildman–Crippen LogP) is 4.73. The van der Waals surface area contributed by atoms with Gasteiger partial charge in [0.25, 0.3) is 0 Å². The Bertz CT molecular complexity index is 172. The van der Waals surface area contributed by atoms with E-state index in [1.54, 1.807) is 0 Å². The third kappa shape index (κ3) is 15.8. The van der Waals surface area contributed by atoms with Crippen LogP contribution < -0.4 is 0 Å². The summed E-state index contributed by atoms with van der Waals surface area (Å²) in [5.41, 5.74) is 0. The van der Waals surface area contributed by atoms with Crippen molar-refractivity contribution in [2.24, 2.45) is 0 Å². The average Bonchev–Trinajstić information content (AvgIpc) is 2.30. The average molecular weight is 260 g/mol. The first-order valence-electron chi connectivity index (χ1n) is 7.07. The number of unbranched alkanes of at least 4 members (excludes halogenated alkanes) is 9. The highest BCUT2D eigenvalue weighted by molar-refractivity contribution is 7.99. The van der Waals surface area contributed by atoms with Gasteiger partial charge >= 0.3 is 5.97 Å². The van der Waals surface area contributed by atoms with Crippen molar-refractivity contribution in [3.63, 3.8) is 0 Å². The van der Waals surface area contributed by atoms with Gasteiger partial charge in [-0.25, -0.2) is 0 Å². The quantitative estimate of drug-likeness (QED) is 0.487. The second-order valence-corrected chi connectivity index (χ2v) is 5.73. The van der Waals surface area contributed by atoms with Crippen LogP contribution in [0.3, 0.4) is 0 Å². The molecular weight excluding hydrogens is 232 g/mol. The normalized spacial score (nSPS) is 10.6. The van der Waals surface area contributed by atoms with Crippen molar-refractivity contribution >= 4 is 17.7 Å². The molecule has 0 radical (unpaired) electrons. The van der Waals surface area contributed by atoms with Crippen molar-refractivity contribution in [1.82, 2.24) is 0 Å². The summed E-state index contributed by atoms with van der Waals surface area (Å²) in [6.45, 7) is 2.25. The fourth-order valence-electron chi connectivity index (χ4n) is 1.85. The Morgan fingerprint density at radius 1 is 0.882 bits per heavy atom. The van der Waals surface area contributed by atoms with E-state index in [0.717, 1.165) is 5.75 Å². The Morgan fingerprint density at radius 2 is 1.35 bits per heavy atom. The molecule has 0 heterocycles. The first kappa shape index (κ1) is 16.8. The molecule has 0 aromatic rings. The van der Waals surface area contributed by atoms with Crippen LogP contribution in [0, 0.1) is 0 Å².